The Labute approximate surface area is 208 Å². The second-order valence-corrected chi connectivity index (χ2v) is 9.61. The molecular weight excluding hydrogens is 471 g/mol. The molecule has 0 saturated heterocycles. The van der Waals surface area contributed by atoms with Crippen LogP contribution < -0.4 is 14.2 Å². The predicted octanol–water partition coefficient (Wildman–Crippen LogP) is 6.88. The minimum atomic E-state index is -0.795. The fraction of sp³-hybridized carbons (Fsp3) is 0.321. The average Bonchev–Trinajstić information content (AvgIpc) is 3.69. The summed E-state index contributed by atoms with van der Waals surface area (Å²) in [5.74, 6) is 0.404. The Morgan fingerprint density at radius 2 is 1.89 bits per heavy atom. The first-order valence-electron chi connectivity index (χ1n) is 11.6. The van der Waals surface area contributed by atoms with Crippen molar-refractivity contribution in [2.24, 2.45) is 11.8 Å². The molecule has 3 atom stereocenters. The number of carboxylic acids is 1. The molecule has 3 aromatic carbocycles. The lowest BCUT2D eigenvalue weighted by Crippen LogP contribution is -2.23. The number of ether oxygens (including phenoxy) is 3. The van der Waals surface area contributed by atoms with Crippen LogP contribution in [0.1, 0.15) is 42.9 Å². The van der Waals surface area contributed by atoms with Gasteiger partial charge in [-0.2, -0.15) is 0 Å². The van der Waals surface area contributed by atoms with Gasteiger partial charge in [0.1, 0.15) is 18.2 Å². The maximum atomic E-state index is 14.5. The van der Waals surface area contributed by atoms with E-state index in [1.807, 2.05) is 24.3 Å². The van der Waals surface area contributed by atoms with Crippen molar-refractivity contribution in [1.29, 1.82) is 0 Å². The highest BCUT2D eigenvalue weighted by atomic mass is 35.5. The van der Waals surface area contributed by atoms with Gasteiger partial charge in [-0.05, 0) is 72.2 Å². The molecule has 2 aliphatic rings. The molecule has 0 aromatic heterocycles. The fourth-order valence-electron chi connectivity index (χ4n) is 4.83. The van der Waals surface area contributed by atoms with Crippen LogP contribution in [0, 0.1) is 17.7 Å². The van der Waals surface area contributed by atoms with Crippen molar-refractivity contribution >= 4 is 17.6 Å². The summed E-state index contributed by atoms with van der Waals surface area (Å²) in [6, 6.07) is 15.6. The summed E-state index contributed by atoms with van der Waals surface area (Å²) >= 11 is 6.56. The maximum Gasteiger partial charge on any atom is 0.306 e. The zero-order valence-electron chi connectivity index (χ0n) is 19.5. The van der Waals surface area contributed by atoms with E-state index in [0.29, 0.717) is 45.9 Å². The van der Waals surface area contributed by atoms with Crippen molar-refractivity contribution in [3.63, 3.8) is 0 Å². The fourth-order valence-corrected chi connectivity index (χ4v) is 5.12. The van der Waals surface area contributed by atoms with E-state index in [-0.39, 0.29) is 11.7 Å². The van der Waals surface area contributed by atoms with Crippen LogP contribution in [0.4, 0.5) is 4.39 Å². The van der Waals surface area contributed by atoms with Crippen LogP contribution in [0.25, 0.3) is 11.1 Å². The van der Waals surface area contributed by atoms with Crippen molar-refractivity contribution in [3.8, 4) is 28.4 Å². The number of methoxy groups -OCH3 is 1. The Bertz CT molecular complexity index is 1270. The zero-order chi connectivity index (χ0) is 24.7. The van der Waals surface area contributed by atoms with Crippen LogP contribution in [0.3, 0.4) is 0 Å². The molecule has 1 heterocycles. The molecule has 0 amide bonds. The molecule has 7 heteroatoms. The van der Waals surface area contributed by atoms with Crippen molar-refractivity contribution in [1.82, 2.24) is 0 Å². The van der Waals surface area contributed by atoms with Gasteiger partial charge in [0.15, 0.2) is 17.6 Å². The minimum Gasteiger partial charge on any atom is -0.497 e. The number of rotatable bonds is 7. The lowest BCUT2D eigenvalue weighted by Gasteiger charge is -2.29. The smallest absolute Gasteiger partial charge is 0.306 e. The Kier molecular flexibility index (Phi) is 6.32. The molecular formula is C28H26ClFO5. The summed E-state index contributed by atoms with van der Waals surface area (Å²) in [5.41, 5.74) is 2.67. The molecule has 0 spiro atoms. The first kappa shape index (κ1) is 23.5. The van der Waals surface area contributed by atoms with Crippen LogP contribution in [-0.2, 0) is 4.79 Å². The van der Waals surface area contributed by atoms with Gasteiger partial charge in [-0.15, -0.1) is 0 Å². The van der Waals surface area contributed by atoms with E-state index >= 15 is 0 Å². The highest BCUT2D eigenvalue weighted by molar-refractivity contribution is 6.33. The third-order valence-corrected chi connectivity index (χ3v) is 7.21. The van der Waals surface area contributed by atoms with E-state index in [1.165, 1.54) is 13.2 Å². The van der Waals surface area contributed by atoms with E-state index < -0.39 is 18.0 Å². The monoisotopic (exact) mass is 496 g/mol. The van der Waals surface area contributed by atoms with Gasteiger partial charge in [-0.25, -0.2) is 4.39 Å². The molecule has 0 radical (unpaired) electrons. The first-order chi connectivity index (χ1) is 16.9. The van der Waals surface area contributed by atoms with E-state index in [2.05, 4.69) is 0 Å². The summed E-state index contributed by atoms with van der Waals surface area (Å²) in [5, 5.41) is 9.99. The average molecular weight is 497 g/mol. The minimum absolute atomic E-state index is 0.0618. The summed E-state index contributed by atoms with van der Waals surface area (Å²) in [6.07, 6.45) is 1.67. The van der Waals surface area contributed by atoms with Gasteiger partial charge >= 0.3 is 5.97 Å². The maximum absolute atomic E-state index is 14.5. The second kappa shape index (κ2) is 9.42. The van der Waals surface area contributed by atoms with Crippen LogP contribution in [-0.4, -0.2) is 24.8 Å². The van der Waals surface area contributed by atoms with Crippen LogP contribution >= 0.6 is 11.6 Å². The molecule has 1 aliphatic carbocycles. The van der Waals surface area contributed by atoms with Gasteiger partial charge in [0.05, 0.1) is 13.0 Å². The van der Waals surface area contributed by atoms with Gasteiger partial charge < -0.3 is 19.3 Å². The lowest BCUT2D eigenvalue weighted by molar-refractivity contribution is -0.142. The molecule has 1 saturated carbocycles. The Morgan fingerprint density at radius 1 is 1.09 bits per heavy atom. The summed E-state index contributed by atoms with van der Waals surface area (Å²) in [7, 11) is 1.53. The number of benzene rings is 3. The largest absolute Gasteiger partial charge is 0.497 e. The molecule has 1 N–H and O–H groups in total. The predicted molar refractivity (Wildman–Crippen MR) is 131 cm³/mol. The highest BCUT2D eigenvalue weighted by Gasteiger charge is 2.39. The van der Waals surface area contributed by atoms with E-state index in [1.54, 1.807) is 31.2 Å². The van der Waals surface area contributed by atoms with Gasteiger partial charge in [-0.1, -0.05) is 36.7 Å². The highest BCUT2D eigenvalue weighted by Crippen LogP contribution is 2.49. The Balaban J connectivity index is 1.41. The molecule has 182 valence electrons. The van der Waals surface area contributed by atoms with Gasteiger partial charge in [0.2, 0.25) is 0 Å². The lowest BCUT2D eigenvalue weighted by atomic mass is 9.83. The van der Waals surface area contributed by atoms with Crippen molar-refractivity contribution in [2.45, 2.75) is 31.8 Å². The second-order valence-electron chi connectivity index (χ2n) is 9.20. The molecule has 3 aromatic rings. The quantitative estimate of drug-likeness (QED) is 0.386. The SMILES string of the molecule is COc1ccc(F)c(-c2ccc([C@@H]3COc4ccc(C(C5CC5)[C@@H](C)C(=O)O)cc4O3)cc2Cl)c1. The summed E-state index contributed by atoms with van der Waals surface area (Å²) < 4.78 is 31.9. The van der Waals surface area contributed by atoms with Crippen molar-refractivity contribution < 1.29 is 28.5 Å². The number of aliphatic carboxylic acids is 1. The van der Waals surface area contributed by atoms with Gasteiger partial charge in [0, 0.05) is 16.1 Å². The first-order valence-corrected chi connectivity index (χ1v) is 12.0. The zero-order valence-corrected chi connectivity index (χ0v) is 20.2. The van der Waals surface area contributed by atoms with E-state index in [9.17, 15) is 14.3 Å². The number of hydrogen-bond acceptors (Lipinski definition) is 4. The number of fused-ring (bicyclic) bond motifs is 1. The standard InChI is InChI=1S/C28H26ClFO5/c1-15(28(31)32)27(16-3-4-16)18-6-10-24-25(12-18)35-26(14-34-24)17-5-8-20(22(29)11-17)21-13-19(33-2)7-9-23(21)30/h5-13,15-16,26-27H,3-4,14H2,1-2H3,(H,31,32)/t15-,26+,27?/m1/s1. The Morgan fingerprint density at radius 3 is 2.57 bits per heavy atom. The topological polar surface area (TPSA) is 65.0 Å². The van der Waals surface area contributed by atoms with Gasteiger partial charge in [0.25, 0.3) is 0 Å². The number of hydrogen-bond donors (Lipinski definition) is 1. The molecule has 1 fully saturated rings. The summed E-state index contributed by atoms with van der Waals surface area (Å²) in [6.45, 7) is 2.06. The molecule has 35 heavy (non-hydrogen) atoms. The third-order valence-electron chi connectivity index (χ3n) is 6.90. The molecule has 0 bridgehead atoms. The van der Waals surface area contributed by atoms with E-state index in [0.717, 1.165) is 24.0 Å². The third kappa shape index (κ3) is 4.67. The molecule has 1 aliphatic heterocycles. The van der Waals surface area contributed by atoms with Crippen molar-refractivity contribution in [3.05, 3.63) is 76.6 Å². The normalized spacial score (nSPS) is 18.6. The molecule has 1 unspecified atom stereocenters. The van der Waals surface area contributed by atoms with Gasteiger partial charge in [-0.3, -0.25) is 4.79 Å². The number of carbonyl (C=O) groups is 1. The number of halogens is 2. The molecule has 5 rings (SSSR count). The van der Waals surface area contributed by atoms with E-state index in [4.69, 9.17) is 25.8 Å². The van der Waals surface area contributed by atoms with Crippen LogP contribution in [0.2, 0.25) is 5.02 Å². The van der Waals surface area contributed by atoms with Crippen LogP contribution in [0.15, 0.2) is 54.6 Å². The number of carboxylic acid groups (broad SMARTS) is 1. The summed E-state index contributed by atoms with van der Waals surface area (Å²) in [4.78, 5) is 11.7. The molecule has 5 nitrogen and oxygen atoms in total. The Hall–Kier alpha value is -3.25. The van der Waals surface area contributed by atoms with Crippen LogP contribution in [0.5, 0.6) is 17.2 Å². The van der Waals surface area contributed by atoms with Crippen molar-refractivity contribution in [2.75, 3.05) is 13.7 Å².